The molecule has 1 aromatic heterocycles. The van der Waals surface area contributed by atoms with E-state index in [9.17, 15) is 27.5 Å². The monoisotopic (exact) mass is 599 g/mol. The molecule has 38 heavy (non-hydrogen) atoms. The summed E-state index contributed by atoms with van der Waals surface area (Å²) in [5.41, 5.74) is 5.42. The smallest absolute Gasteiger partial charge is 0.253 e. The zero-order valence-corrected chi connectivity index (χ0v) is 22.8. The molecular formula is C26H30BrF4N5O2. The fourth-order valence-corrected chi connectivity index (χ4v) is 4.61. The maximum absolute atomic E-state index is 14.7. The molecule has 0 spiro atoms. The standard InChI is InChI=1S/C26H30BrF4N5O2/c1-26(2,3)22(35(21(38)14-37)10-9-20(32)23(30)31)25-33-24(18-12-17(28)7-8-19(18)29)34-36(25)13-15-5-4-6-16(27)11-15/h4-8,11-12,20,22-23,37H,9-10,13-14,32H2,1-3H3/t20-,22+/m1/s1. The first-order chi connectivity index (χ1) is 17.8. The normalized spacial score (nSPS) is 13.6. The van der Waals surface area contributed by atoms with Crippen LogP contribution in [-0.4, -0.2) is 56.3 Å². The van der Waals surface area contributed by atoms with Crippen LogP contribution in [0.5, 0.6) is 0 Å². The number of halogens is 5. The lowest BCUT2D eigenvalue weighted by atomic mass is 9.84. The Bertz CT molecular complexity index is 1260. The summed E-state index contributed by atoms with van der Waals surface area (Å²) in [5.74, 6) is -2.04. The van der Waals surface area contributed by atoms with Gasteiger partial charge < -0.3 is 15.7 Å². The predicted octanol–water partition coefficient (Wildman–Crippen LogP) is 4.92. The van der Waals surface area contributed by atoms with E-state index in [2.05, 4.69) is 26.0 Å². The van der Waals surface area contributed by atoms with Gasteiger partial charge in [0.05, 0.1) is 24.2 Å². The van der Waals surface area contributed by atoms with E-state index in [4.69, 9.17) is 5.73 Å². The van der Waals surface area contributed by atoms with Gasteiger partial charge in [0, 0.05) is 11.0 Å². The second-order valence-electron chi connectivity index (χ2n) is 10.0. The number of aliphatic hydroxyl groups is 1. The number of carbonyl (C=O) groups is 1. The molecule has 3 aromatic rings. The molecule has 0 unspecified atom stereocenters. The van der Waals surface area contributed by atoms with Crippen molar-refractivity contribution >= 4 is 21.8 Å². The molecule has 3 rings (SSSR count). The van der Waals surface area contributed by atoms with Gasteiger partial charge in [0.1, 0.15) is 18.2 Å². The fraction of sp³-hybridized carbons (Fsp3) is 0.423. The molecule has 12 heteroatoms. The predicted molar refractivity (Wildman–Crippen MR) is 138 cm³/mol. The van der Waals surface area contributed by atoms with Gasteiger partial charge in [-0.2, -0.15) is 5.10 Å². The van der Waals surface area contributed by atoms with E-state index in [1.807, 2.05) is 45.0 Å². The second kappa shape index (κ2) is 12.4. The molecule has 3 N–H and O–H groups in total. The van der Waals surface area contributed by atoms with Crippen molar-refractivity contribution in [1.82, 2.24) is 19.7 Å². The van der Waals surface area contributed by atoms with E-state index in [0.29, 0.717) is 0 Å². The third kappa shape index (κ3) is 7.17. The number of amides is 1. The van der Waals surface area contributed by atoms with Crippen LogP contribution < -0.4 is 5.73 Å². The maximum Gasteiger partial charge on any atom is 0.253 e. The van der Waals surface area contributed by atoms with Gasteiger partial charge in [0.15, 0.2) is 11.6 Å². The molecule has 206 valence electrons. The molecule has 1 heterocycles. The number of aliphatic hydroxyl groups excluding tert-OH is 1. The molecule has 2 atom stereocenters. The molecule has 0 aliphatic rings. The van der Waals surface area contributed by atoms with Gasteiger partial charge >= 0.3 is 0 Å². The number of hydrogen-bond acceptors (Lipinski definition) is 5. The number of hydrogen-bond donors (Lipinski definition) is 2. The topological polar surface area (TPSA) is 97.3 Å². The van der Waals surface area contributed by atoms with Crippen LogP contribution in [0, 0.1) is 17.0 Å². The Labute approximate surface area is 226 Å². The highest BCUT2D eigenvalue weighted by molar-refractivity contribution is 9.10. The molecule has 0 aliphatic carbocycles. The largest absolute Gasteiger partial charge is 0.387 e. The van der Waals surface area contributed by atoms with E-state index < -0.39 is 48.1 Å². The molecule has 0 radical (unpaired) electrons. The second-order valence-corrected chi connectivity index (χ2v) is 10.9. The lowest BCUT2D eigenvalue weighted by Gasteiger charge is -2.39. The lowest BCUT2D eigenvalue weighted by Crippen LogP contribution is -2.46. The van der Waals surface area contributed by atoms with Crippen molar-refractivity contribution < 1.29 is 27.5 Å². The molecule has 1 amide bonds. The summed E-state index contributed by atoms with van der Waals surface area (Å²) in [4.78, 5) is 18.7. The number of aromatic nitrogens is 3. The average Bonchev–Trinajstić information content (AvgIpc) is 3.23. The molecule has 7 nitrogen and oxygen atoms in total. The van der Waals surface area contributed by atoms with Gasteiger partial charge in [0.25, 0.3) is 6.43 Å². The number of alkyl halides is 2. The quantitative estimate of drug-likeness (QED) is 0.322. The summed E-state index contributed by atoms with van der Waals surface area (Å²) >= 11 is 3.42. The first-order valence-corrected chi connectivity index (χ1v) is 12.7. The van der Waals surface area contributed by atoms with Gasteiger partial charge in [-0.15, -0.1) is 0 Å². The number of carbonyl (C=O) groups excluding carboxylic acids is 1. The van der Waals surface area contributed by atoms with Crippen LogP contribution in [0.4, 0.5) is 17.6 Å². The van der Waals surface area contributed by atoms with Crippen molar-refractivity contribution in [3.8, 4) is 11.4 Å². The van der Waals surface area contributed by atoms with Crippen LogP contribution >= 0.6 is 15.9 Å². The Morgan fingerprint density at radius 2 is 1.89 bits per heavy atom. The minimum atomic E-state index is -2.79. The summed E-state index contributed by atoms with van der Waals surface area (Å²) < 4.78 is 57.3. The van der Waals surface area contributed by atoms with Crippen molar-refractivity contribution in [2.75, 3.05) is 13.2 Å². The Balaban J connectivity index is 2.19. The van der Waals surface area contributed by atoms with Crippen LogP contribution in [0.25, 0.3) is 11.4 Å². The lowest BCUT2D eigenvalue weighted by molar-refractivity contribution is -0.140. The summed E-state index contributed by atoms with van der Waals surface area (Å²) in [6, 6.07) is 7.88. The van der Waals surface area contributed by atoms with Crippen molar-refractivity contribution in [1.29, 1.82) is 0 Å². The van der Waals surface area contributed by atoms with Crippen LogP contribution in [-0.2, 0) is 11.3 Å². The van der Waals surface area contributed by atoms with Crippen LogP contribution in [0.15, 0.2) is 46.9 Å². The molecule has 0 saturated carbocycles. The maximum atomic E-state index is 14.7. The summed E-state index contributed by atoms with van der Waals surface area (Å²) in [6.45, 7) is 4.51. The molecular weight excluding hydrogens is 570 g/mol. The Morgan fingerprint density at radius 1 is 1.18 bits per heavy atom. The summed E-state index contributed by atoms with van der Waals surface area (Å²) in [6.07, 6.45) is -3.03. The minimum absolute atomic E-state index is 0.109. The zero-order chi connectivity index (χ0) is 28.2. The van der Waals surface area contributed by atoms with Gasteiger partial charge in [-0.3, -0.25) is 4.79 Å². The third-order valence-electron chi connectivity index (χ3n) is 5.95. The van der Waals surface area contributed by atoms with E-state index in [1.54, 1.807) is 0 Å². The number of nitrogens with two attached hydrogens (primary N) is 1. The minimum Gasteiger partial charge on any atom is -0.387 e. The van der Waals surface area contributed by atoms with Gasteiger partial charge in [0.2, 0.25) is 5.91 Å². The van der Waals surface area contributed by atoms with Gasteiger partial charge in [-0.1, -0.05) is 48.8 Å². The Kier molecular flexibility index (Phi) is 9.66. The van der Waals surface area contributed by atoms with Crippen molar-refractivity contribution in [3.05, 3.63) is 70.0 Å². The molecule has 0 bridgehead atoms. The van der Waals surface area contributed by atoms with Crippen LogP contribution in [0.1, 0.15) is 44.6 Å². The van der Waals surface area contributed by atoms with Crippen molar-refractivity contribution in [2.45, 2.75) is 52.2 Å². The number of rotatable bonds is 10. The first kappa shape index (κ1) is 29.7. The Morgan fingerprint density at radius 3 is 2.50 bits per heavy atom. The molecule has 2 aromatic carbocycles. The van der Waals surface area contributed by atoms with Crippen LogP contribution in [0.2, 0.25) is 0 Å². The first-order valence-electron chi connectivity index (χ1n) is 11.9. The van der Waals surface area contributed by atoms with E-state index in [-0.39, 0.29) is 36.7 Å². The highest BCUT2D eigenvalue weighted by Crippen LogP contribution is 2.39. The highest BCUT2D eigenvalue weighted by Gasteiger charge is 2.39. The summed E-state index contributed by atoms with van der Waals surface area (Å²) in [5, 5.41) is 14.2. The summed E-state index contributed by atoms with van der Waals surface area (Å²) in [7, 11) is 0. The van der Waals surface area contributed by atoms with Crippen LogP contribution in [0.3, 0.4) is 0 Å². The fourth-order valence-electron chi connectivity index (χ4n) is 4.16. The molecule has 0 aliphatic heterocycles. The highest BCUT2D eigenvalue weighted by atomic mass is 79.9. The zero-order valence-electron chi connectivity index (χ0n) is 21.2. The average molecular weight is 600 g/mol. The van der Waals surface area contributed by atoms with Crippen molar-refractivity contribution in [3.63, 3.8) is 0 Å². The number of nitrogens with zero attached hydrogens (tertiary/aromatic N) is 4. The Hall–Kier alpha value is -2.83. The van der Waals surface area contributed by atoms with E-state index in [1.165, 1.54) is 9.58 Å². The number of benzene rings is 2. The molecule has 0 fully saturated rings. The van der Waals surface area contributed by atoms with E-state index in [0.717, 1.165) is 28.2 Å². The SMILES string of the molecule is CC(C)(C)[C@H](c1nc(-c2cc(F)ccc2F)nn1Cc1cccc(Br)c1)N(CC[C@@H](N)C(F)F)C(=O)CO. The molecule has 0 saturated heterocycles. The van der Waals surface area contributed by atoms with Crippen molar-refractivity contribution in [2.24, 2.45) is 11.1 Å². The van der Waals surface area contributed by atoms with Gasteiger partial charge in [-0.25, -0.2) is 27.2 Å². The van der Waals surface area contributed by atoms with E-state index >= 15 is 0 Å². The van der Waals surface area contributed by atoms with Gasteiger partial charge in [-0.05, 0) is 47.7 Å². The third-order valence-corrected chi connectivity index (χ3v) is 6.44.